The van der Waals surface area contributed by atoms with E-state index >= 15 is 0 Å². The average Bonchev–Trinajstić information content (AvgIpc) is 3.08. The number of likely N-dealkylation sites (tertiary alicyclic amines) is 1. The molecule has 9 heteroatoms. The van der Waals surface area contributed by atoms with Crippen LogP contribution >= 0.6 is 6.89 Å². The number of carbonyl (C=O) groups is 4. The van der Waals surface area contributed by atoms with Crippen molar-refractivity contribution >= 4 is 51.8 Å². The molecule has 1 fully saturated rings. The third-order valence-electron chi connectivity index (χ3n) is 8.17. The van der Waals surface area contributed by atoms with Crippen LogP contribution in [0.2, 0.25) is 0 Å². The fourth-order valence-corrected chi connectivity index (χ4v) is 10.5. The zero-order valence-electron chi connectivity index (χ0n) is 25.4. The number of ether oxygens (including phenoxy) is 1. The second-order valence-corrected chi connectivity index (χ2v) is 14.3. The van der Waals surface area contributed by atoms with E-state index in [2.05, 4.69) is 6.58 Å². The lowest BCUT2D eigenvalue weighted by atomic mass is 9.79. The number of esters is 1. The zero-order valence-corrected chi connectivity index (χ0v) is 26.3. The molecular formula is C37H35N2O6P. The van der Waals surface area contributed by atoms with Crippen LogP contribution in [-0.4, -0.2) is 57.7 Å². The molecule has 2 amide bonds. The average molecular weight is 635 g/mol. The number of carbonyl (C=O) groups excluding carboxylic acids is 4. The highest BCUT2D eigenvalue weighted by Crippen LogP contribution is 2.50. The third-order valence-corrected chi connectivity index (χ3v) is 12.4. The van der Waals surface area contributed by atoms with Gasteiger partial charge in [-0.1, -0.05) is 116 Å². The summed E-state index contributed by atoms with van der Waals surface area (Å²) in [6.07, 6.45) is 0.173. The van der Waals surface area contributed by atoms with Crippen LogP contribution < -0.4 is 21.6 Å². The number of amides is 2. The molecule has 234 valence electrons. The molecule has 3 atom stereocenters. The number of Topliss-reactive ketones (excluding diaryl/α,β-unsaturated/α-hetero) is 1. The van der Waals surface area contributed by atoms with Crippen LogP contribution in [0.5, 0.6) is 0 Å². The van der Waals surface area contributed by atoms with Crippen molar-refractivity contribution in [1.82, 2.24) is 4.90 Å². The van der Waals surface area contributed by atoms with E-state index in [0.717, 1.165) is 15.9 Å². The lowest BCUT2D eigenvalue weighted by molar-refractivity contribution is -0.157. The van der Waals surface area contributed by atoms with Crippen molar-refractivity contribution in [3.63, 3.8) is 0 Å². The quantitative estimate of drug-likeness (QED) is 0.0809. The Hall–Kier alpha value is -5.04. The van der Waals surface area contributed by atoms with Gasteiger partial charge in [0.05, 0.1) is 18.1 Å². The highest BCUT2D eigenvalue weighted by molar-refractivity contribution is 7.96. The summed E-state index contributed by atoms with van der Waals surface area (Å²) in [7, 11) is 0. The lowest BCUT2D eigenvalue weighted by Gasteiger charge is -2.50. The Labute approximate surface area is 268 Å². The first-order valence-electron chi connectivity index (χ1n) is 14.9. The van der Waals surface area contributed by atoms with Gasteiger partial charge in [0.25, 0.3) is 0 Å². The fraction of sp³-hybridized carbons (Fsp3) is 0.162. The van der Waals surface area contributed by atoms with Crippen molar-refractivity contribution in [2.45, 2.75) is 25.5 Å². The number of aliphatic hydroxyl groups excluding tert-OH is 1. The summed E-state index contributed by atoms with van der Waals surface area (Å²) >= 11 is 0. The highest BCUT2D eigenvalue weighted by Gasteiger charge is 2.55. The summed E-state index contributed by atoms with van der Waals surface area (Å²) in [6.45, 7) is 1.93. The standard InChI is InChI=1S/C37H35N2O6P/c1-3-23-45-37(44)36(39-31(33(25(2)40)35(39)43)24-32(41)26-19-21-27(22-20-26)34(38)42)46(28-13-7-4-8-14-28,29-15-9-5-10-16-29)30-17-11-6-12-18-30/h3-22,25,31,33,40H,1,23-24H2,2H3,(H2,38,42)/t25-,31-,33-/m1/s1. The van der Waals surface area contributed by atoms with E-state index in [4.69, 9.17) is 10.5 Å². The van der Waals surface area contributed by atoms with Crippen molar-refractivity contribution in [2.75, 3.05) is 6.61 Å². The van der Waals surface area contributed by atoms with Crippen LogP contribution in [0.3, 0.4) is 0 Å². The number of hydrogen-bond acceptors (Lipinski definition) is 6. The second kappa shape index (κ2) is 13.9. The molecule has 4 aromatic rings. The smallest absolute Gasteiger partial charge is 0.356 e. The number of primary amides is 1. The minimum absolute atomic E-state index is 0.0988. The van der Waals surface area contributed by atoms with E-state index < -0.39 is 42.7 Å². The molecule has 4 aromatic carbocycles. The van der Waals surface area contributed by atoms with Crippen molar-refractivity contribution in [2.24, 2.45) is 11.7 Å². The number of aliphatic hydroxyl groups is 1. The van der Waals surface area contributed by atoms with E-state index in [1.54, 1.807) is 0 Å². The molecule has 5 rings (SSSR count). The first-order chi connectivity index (χ1) is 22.2. The number of benzene rings is 4. The van der Waals surface area contributed by atoms with Crippen LogP contribution in [-0.2, 0) is 14.3 Å². The van der Waals surface area contributed by atoms with E-state index in [-0.39, 0.29) is 29.8 Å². The molecule has 0 radical (unpaired) electrons. The summed E-state index contributed by atoms with van der Waals surface area (Å²) in [4.78, 5) is 55.3. The molecule has 8 nitrogen and oxygen atoms in total. The number of rotatable bonds is 12. The molecule has 0 unspecified atom stereocenters. The van der Waals surface area contributed by atoms with Gasteiger partial charge >= 0.3 is 5.97 Å². The van der Waals surface area contributed by atoms with Gasteiger partial charge in [0.1, 0.15) is 12.0 Å². The maximum Gasteiger partial charge on any atom is 0.356 e. The van der Waals surface area contributed by atoms with Gasteiger partial charge in [-0.3, -0.25) is 14.4 Å². The molecule has 0 bridgehead atoms. The van der Waals surface area contributed by atoms with Crippen molar-refractivity contribution in [3.8, 4) is 0 Å². The van der Waals surface area contributed by atoms with Gasteiger partial charge in [-0.25, -0.2) is 4.79 Å². The van der Waals surface area contributed by atoms with Gasteiger partial charge in [0.15, 0.2) is 5.78 Å². The van der Waals surface area contributed by atoms with E-state index in [1.165, 1.54) is 42.2 Å². The van der Waals surface area contributed by atoms with E-state index in [1.807, 2.05) is 91.0 Å². The maximum atomic E-state index is 14.5. The Morgan fingerprint density at radius 2 is 1.30 bits per heavy atom. The van der Waals surface area contributed by atoms with Crippen LogP contribution in [0.4, 0.5) is 0 Å². The molecule has 1 aliphatic rings. The first-order valence-corrected chi connectivity index (χ1v) is 16.7. The van der Waals surface area contributed by atoms with E-state index in [0.29, 0.717) is 5.56 Å². The minimum atomic E-state index is -3.18. The Kier molecular flexibility index (Phi) is 9.81. The molecule has 0 spiro atoms. The molecule has 46 heavy (non-hydrogen) atoms. The summed E-state index contributed by atoms with van der Waals surface area (Å²) < 4.78 is 5.75. The van der Waals surface area contributed by atoms with Gasteiger partial charge in [-0.2, -0.15) is 0 Å². The normalized spacial score (nSPS) is 16.6. The van der Waals surface area contributed by atoms with Crippen LogP contribution in [0.1, 0.15) is 34.1 Å². The molecule has 1 heterocycles. The monoisotopic (exact) mass is 634 g/mol. The van der Waals surface area contributed by atoms with Crippen LogP contribution in [0.25, 0.3) is 0 Å². The van der Waals surface area contributed by atoms with Crippen LogP contribution in [0.15, 0.2) is 128 Å². The lowest BCUT2D eigenvalue weighted by Crippen LogP contribution is -2.68. The largest absolute Gasteiger partial charge is 0.457 e. The van der Waals surface area contributed by atoms with Crippen molar-refractivity contribution in [3.05, 3.63) is 139 Å². The summed E-state index contributed by atoms with van der Waals surface area (Å²) in [5.74, 6) is -3.09. The molecule has 0 aromatic heterocycles. The summed E-state index contributed by atoms with van der Waals surface area (Å²) in [5.41, 5.74) is 6.04. The van der Waals surface area contributed by atoms with Gasteiger partial charge in [-0.05, 0) is 35.0 Å². The summed E-state index contributed by atoms with van der Waals surface area (Å²) in [6, 6.07) is 33.6. The van der Waals surface area contributed by atoms with Crippen molar-refractivity contribution < 1.29 is 29.0 Å². The minimum Gasteiger partial charge on any atom is -0.457 e. The highest BCUT2D eigenvalue weighted by atomic mass is 31.2. The number of nitrogens with zero attached hydrogens (tertiary/aromatic N) is 1. The number of nitrogens with two attached hydrogens (primary N) is 1. The Morgan fingerprint density at radius 3 is 1.72 bits per heavy atom. The predicted octanol–water partition coefficient (Wildman–Crippen LogP) is 3.42. The van der Waals surface area contributed by atoms with Gasteiger partial charge < -0.3 is 20.5 Å². The van der Waals surface area contributed by atoms with E-state index in [9.17, 15) is 24.3 Å². The zero-order chi connectivity index (χ0) is 32.8. The van der Waals surface area contributed by atoms with Crippen molar-refractivity contribution in [1.29, 1.82) is 0 Å². The fourth-order valence-electron chi connectivity index (χ4n) is 6.07. The van der Waals surface area contributed by atoms with Gasteiger partial charge in [0, 0.05) is 24.4 Å². The third kappa shape index (κ3) is 5.97. The van der Waals surface area contributed by atoms with Crippen LogP contribution in [0, 0.1) is 5.92 Å². The number of hydrogen-bond donors (Lipinski definition) is 2. The Balaban J connectivity index is 1.81. The molecule has 1 aliphatic heterocycles. The van der Waals surface area contributed by atoms with Gasteiger partial charge in [-0.15, -0.1) is 0 Å². The molecular weight excluding hydrogens is 599 g/mol. The van der Waals surface area contributed by atoms with Gasteiger partial charge in [0.2, 0.25) is 11.8 Å². The molecule has 0 saturated carbocycles. The first kappa shape index (κ1) is 32.4. The molecule has 1 saturated heterocycles. The Bertz CT molecular complexity index is 1700. The Morgan fingerprint density at radius 1 is 0.848 bits per heavy atom. The number of ketones is 1. The predicted molar refractivity (Wildman–Crippen MR) is 181 cm³/mol. The molecule has 3 N–H and O–H groups in total. The SMILES string of the molecule is C=CCOC(=O)C(N1C(=O)[C@H]([C@@H](C)O)[C@H]1CC(=O)c1ccc(C(N)=O)cc1)=P(c1ccccc1)(c1ccccc1)c1ccccc1. The maximum absolute atomic E-state index is 14.5. The topological polar surface area (TPSA) is 127 Å². The number of β-lactam (4-membered cyclic amide) rings is 1. The second-order valence-electron chi connectivity index (χ2n) is 11.0. The summed E-state index contributed by atoms with van der Waals surface area (Å²) in [5, 5.41) is 13.2. The molecule has 0 aliphatic carbocycles.